The molecule has 0 spiro atoms. The second-order valence-corrected chi connectivity index (χ2v) is 4.99. The molecule has 1 fully saturated rings. The maximum atomic E-state index is 11.2. The first-order valence-corrected chi connectivity index (χ1v) is 7.15. The summed E-state index contributed by atoms with van der Waals surface area (Å²) < 4.78 is 4.91. The lowest BCUT2D eigenvalue weighted by Gasteiger charge is -2.16. The van der Waals surface area contributed by atoms with Gasteiger partial charge in [-0.3, -0.25) is 4.79 Å². The minimum Gasteiger partial charge on any atom is -0.466 e. The van der Waals surface area contributed by atoms with Crippen LogP contribution in [0.25, 0.3) is 0 Å². The van der Waals surface area contributed by atoms with Gasteiger partial charge in [0.2, 0.25) is 0 Å². The highest BCUT2D eigenvalue weighted by atomic mass is 16.5. The lowest BCUT2D eigenvalue weighted by molar-refractivity contribution is -0.143. The van der Waals surface area contributed by atoms with Gasteiger partial charge >= 0.3 is 5.97 Å². The molecule has 1 rings (SSSR count). The molecule has 1 aliphatic carbocycles. The number of hydrogen-bond donors (Lipinski definition) is 1. The van der Waals surface area contributed by atoms with Crippen molar-refractivity contribution in [1.29, 1.82) is 0 Å². The number of carbonyl (C=O) groups is 1. The number of ether oxygens (including phenoxy) is 1. The maximum absolute atomic E-state index is 11.2. The van der Waals surface area contributed by atoms with Crippen LogP contribution in [0.3, 0.4) is 0 Å². The Balaban J connectivity index is 2.12. The van der Waals surface area contributed by atoms with Crippen LogP contribution in [0.2, 0.25) is 0 Å². The van der Waals surface area contributed by atoms with Gasteiger partial charge in [0.15, 0.2) is 0 Å². The smallest absolute Gasteiger partial charge is 0.307 e. The number of hydrogen-bond acceptors (Lipinski definition) is 3. The van der Waals surface area contributed by atoms with Crippen LogP contribution < -0.4 is 5.32 Å². The third-order valence-electron chi connectivity index (χ3n) is 3.73. The molecule has 3 nitrogen and oxygen atoms in total. The highest BCUT2D eigenvalue weighted by Crippen LogP contribution is 2.25. The van der Waals surface area contributed by atoms with Crippen molar-refractivity contribution < 1.29 is 9.53 Å². The number of esters is 1. The monoisotopic (exact) mass is 241 g/mol. The number of nitrogens with one attached hydrogen (secondary N) is 1. The molecule has 0 heterocycles. The summed E-state index contributed by atoms with van der Waals surface area (Å²) in [7, 11) is 0. The molecule has 1 aliphatic rings. The van der Waals surface area contributed by atoms with Gasteiger partial charge in [-0.1, -0.05) is 26.2 Å². The predicted molar refractivity (Wildman–Crippen MR) is 69.9 cm³/mol. The van der Waals surface area contributed by atoms with Gasteiger partial charge in [-0.25, -0.2) is 0 Å². The first-order chi connectivity index (χ1) is 8.26. The zero-order chi connectivity index (χ0) is 12.5. The third kappa shape index (κ3) is 6.06. The Morgan fingerprint density at radius 2 is 2.06 bits per heavy atom. The molecular formula is C14H27NO2. The fourth-order valence-corrected chi connectivity index (χ4v) is 2.60. The van der Waals surface area contributed by atoms with Gasteiger partial charge in [-0.2, -0.15) is 0 Å². The molecule has 0 aromatic carbocycles. The van der Waals surface area contributed by atoms with Crippen LogP contribution in [0.5, 0.6) is 0 Å². The van der Waals surface area contributed by atoms with Crippen molar-refractivity contribution in [2.75, 3.05) is 13.2 Å². The van der Waals surface area contributed by atoms with Crippen LogP contribution in [0, 0.1) is 5.92 Å². The summed E-state index contributed by atoms with van der Waals surface area (Å²) in [5.41, 5.74) is 0. The average molecular weight is 241 g/mol. The van der Waals surface area contributed by atoms with Crippen molar-refractivity contribution in [2.24, 2.45) is 5.92 Å². The lowest BCUT2D eigenvalue weighted by Crippen LogP contribution is -2.30. The molecule has 0 amide bonds. The van der Waals surface area contributed by atoms with E-state index in [4.69, 9.17) is 4.74 Å². The van der Waals surface area contributed by atoms with Crippen LogP contribution in [0.15, 0.2) is 0 Å². The van der Waals surface area contributed by atoms with E-state index in [0.717, 1.165) is 12.5 Å². The predicted octanol–water partition coefficient (Wildman–Crippen LogP) is 2.89. The molecule has 0 radical (unpaired) electrons. The Morgan fingerprint density at radius 3 is 2.76 bits per heavy atom. The SMILES string of the molecule is CCOC(=O)CCNC1CCCC(CC)CC1. The molecule has 100 valence electrons. The molecule has 0 bridgehead atoms. The summed E-state index contributed by atoms with van der Waals surface area (Å²) in [5, 5.41) is 3.49. The van der Waals surface area contributed by atoms with E-state index in [0.29, 0.717) is 19.1 Å². The lowest BCUT2D eigenvalue weighted by atomic mass is 9.98. The second kappa shape index (κ2) is 8.51. The highest BCUT2D eigenvalue weighted by Gasteiger charge is 2.17. The molecule has 1 N–H and O–H groups in total. The summed E-state index contributed by atoms with van der Waals surface area (Å²) in [6.07, 6.45) is 8.40. The largest absolute Gasteiger partial charge is 0.466 e. The van der Waals surface area contributed by atoms with E-state index >= 15 is 0 Å². The Labute approximate surface area is 105 Å². The second-order valence-electron chi connectivity index (χ2n) is 4.99. The minimum absolute atomic E-state index is 0.0833. The first-order valence-electron chi connectivity index (χ1n) is 7.15. The molecule has 2 unspecified atom stereocenters. The van der Waals surface area contributed by atoms with Crippen LogP contribution in [0.1, 0.15) is 58.8 Å². The zero-order valence-electron chi connectivity index (χ0n) is 11.3. The van der Waals surface area contributed by atoms with E-state index < -0.39 is 0 Å². The highest BCUT2D eigenvalue weighted by molar-refractivity contribution is 5.69. The molecule has 0 aromatic rings. The van der Waals surface area contributed by atoms with Crippen LogP contribution in [-0.4, -0.2) is 25.2 Å². The van der Waals surface area contributed by atoms with Crippen molar-refractivity contribution in [1.82, 2.24) is 5.32 Å². The minimum atomic E-state index is -0.0833. The fourth-order valence-electron chi connectivity index (χ4n) is 2.60. The van der Waals surface area contributed by atoms with E-state index in [-0.39, 0.29) is 5.97 Å². The molecule has 0 aromatic heterocycles. The van der Waals surface area contributed by atoms with E-state index in [1.165, 1.54) is 38.5 Å². The Kier molecular flexibility index (Phi) is 7.25. The van der Waals surface area contributed by atoms with E-state index in [2.05, 4.69) is 12.2 Å². The zero-order valence-corrected chi connectivity index (χ0v) is 11.3. The third-order valence-corrected chi connectivity index (χ3v) is 3.73. The summed E-state index contributed by atoms with van der Waals surface area (Å²) in [5.74, 6) is 0.840. The maximum Gasteiger partial charge on any atom is 0.307 e. The average Bonchev–Trinajstić information content (AvgIpc) is 2.55. The first kappa shape index (κ1) is 14.5. The van der Waals surface area contributed by atoms with Gasteiger partial charge < -0.3 is 10.1 Å². The number of carbonyl (C=O) groups excluding carboxylic acids is 1. The van der Waals surface area contributed by atoms with E-state index in [1.54, 1.807) is 0 Å². The van der Waals surface area contributed by atoms with Gasteiger partial charge in [0.05, 0.1) is 13.0 Å². The molecule has 1 saturated carbocycles. The molecule has 2 atom stereocenters. The number of rotatable bonds is 6. The van der Waals surface area contributed by atoms with E-state index in [1.807, 2.05) is 6.92 Å². The van der Waals surface area contributed by atoms with Gasteiger partial charge in [0.25, 0.3) is 0 Å². The van der Waals surface area contributed by atoms with Crippen molar-refractivity contribution >= 4 is 5.97 Å². The topological polar surface area (TPSA) is 38.3 Å². The van der Waals surface area contributed by atoms with Gasteiger partial charge in [0.1, 0.15) is 0 Å². The van der Waals surface area contributed by atoms with Crippen molar-refractivity contribution in [3.8, 4) is 0 Å². The van der Waals surface area contributed by atoms with Gasteiger partial charge in [-0.05, 0) is 32.1 Å². The summed E-state index contributed by atoms with van der Waals surface area (Å²) in [4.78, 5) is 11.2. The molecule has 0 saturated heterocycles. The van der Waals surface area contributed by atoms with Crippen molar-refractivity contribution in [3.05, 3.63) is 0 Å². The van der Waals surface area contributed by atoms with Crippen molar-refractivity contribution in [3.63, 3.8) is 0 Å². The van der Waals surface area contributed by atoms with Gasteiger partial charge in [0, 0.05) is 12.6 Å². The van der Waals surface area contributed by atoms with Gasteiger partial charge in [-0.15, -0.1) is 0 Å². The normalized spacial score (nSPS) is 25.3. The quantitative estimate of drug-likeness (QED) is 0.574. The molecule has 17 heavy (non-hydrogen) atoms. The summed E-state index contributed by atoms with van der Waals surface area (Å²) in [6, 6.07) is 0.612. The van der Waals surface area contributed by atoms with Crippen LogP contribution in [0.4, 0.5) is 0 Å². The van der Waals surface area contributed by atoms with Crippen molar-refractivity contribution in [2.45, 2.75) is 64.8 Å². The summed E-state index contributed by atoms with van der Waals surface area (Å²) in [6.45, 7) is 5.39. The van der Waals surface area contributed by atoms with E-state index in [9.17, 15) is 4.79 Å². The van der Waals surface area contributed by atoms with Crippen LogP contribution >= 0.6 is 0 Å². The molecule has 0 aliphatic heterocycles. The molecular weight excluding hydrogens is 214 g/mol. The standard InChI is InChI=1S/C14H27NO2/c1-3-12-6-5-7-13(9-8-12)15-11-10-14(16)17-4-2/h12-13,15H,3-11H2,1-2H3. The fraction of sp³-hybridized carbons (Fsp3) is 0.929. The Morgan fingerprint density at radius 1 is 1.24 bits per heavy atom. The van der Waals surface area contributed by atoms with Crippen LogP contribution in [-0.2, 0) is 9.53 Å². The Bertz CT molecular complexity index is 218. The summed E-state index contributed by atoms with van der Waals surface area (Å²) >= 11 is 0. The molecule has 3 heteroatoms. The Hall–Kier alpha value is -0.570.